The Kier molecular flexibility index (Phi) is 6.41. The summed E-state index contributed by atoms with van der Waals surface area (Å²) in [5.41, 5.74) is 3.07. The van der Waals surface area contributed by atoms with Gasteiger partial charge in [0.1, 0.15) is 5.66 Å². The third-order valence-electron chi connectivity index (χ3n) is 1.64. The van der Waals surface area contributed by atoms with E-state index in [2.05, 4.69) is 26.4 Å². The zero-order chi connectivity index (χ0) is 16.0. The zero-order valence-corrected chi connectivity index (χ0v) is 13.2. The van der Waals surface area contributed by atoms with Crippen LogP contribution in [-0.4, -0.2) is 29.4 Å². The summed E-state index contributed by atoms with van der Waals surface area (Å²) in [6.45, 7) is 12.5. The number of ether oxygens (including phenoxy) is 1. The highest BCUT2D eigenvalue weighted by molar-refractivity contribution is 5.78. The number of hydrogen-bond acceptors (Lipinski definition) is 5. The molecule has 0 saturated heterocycles. The smallest absolute Gasteiger partial charge is 0.426 e. The van der Waals surface area contributed by atoms with E-state index in [4.69, 9.17) is 4.74 Å². The van der Waals surface area contributed by atoms with Gasteiger partial charge in [0.15, 0.2) is 0 Å². The first-order valence-electron chi connectivity index (χ1n) is 6.40. The van der Waals surface area contributed by atoms with Crippen LogP contribution in [0.5, 0.6) is 0 Å². The van der Waals surface area contributed by atoms with E-state index in [1.165, 1.54) is 0 Å². The number of urea groups is 1. The van der Waals surface area contributed by atoms with Crippen LogP contribution >= 0.6 is 0 Å². The van der Waals surface area contributed by atoms with Gasteiger partial charge in [0.2, 0.25) is 0 Å². The number of nitrogens with zero attached hydrogens (tertiary/aromatic N) is 2. The molecule has 0 bridgehead atoms. The number of hydrazine groups is 1. The summed E-state index contributed by atoms with van der Waals surface area (Å²) in [6, 6.07) is -0.608. The molecule has 0 aliphatic heterocycles. The van der Waals surface area contributed by atoms with Crippen LogP contribution < -0.4 is 16.2 Å². The van der Waals surface area contributed by atoms with Gasteiger partial charge in [0, 0.05) is 0 Å². The quantitative estimate of drug-likeness (QED) is 0.548. The van der Waals surface area contributed by atoms with Crippen LogP contribution in [-0.2, 0) is 4.74 Å². The molecule has 0 heterocycles. The minimum atomic E-state index is -0.888. The van der Waals surface area contributed by atoms with Crippen molar-refractivity contribution in [3.63, 3.8) is 0 Å². The maximum atomic E-state index is 11.6. The number of amides is 3. The lowest BCUT2D eigenvalue weighted by Gasteiger charge is -2.22. The van der Waals surface area contributed by atoms with Crippen LogP contribution in [0, 0.1) is 0 Å². The number of carbonyl (C=O) groups excluding carboxylic acids is 2. The van der Waals surface area contributed by atoms with Gasteiger partial charge in [-0.3, -0.25) is 0 Å². The van der Waals surface area contributed by atoms with E-state index in [0.717, 1.165) is 0 Å². The van der Waals surface area contributed by atoms with Gasteiger partial charge in [0.25, 0.3) is 0 Å². The number of hydrogen-bond donors (Lipinski definition) is 3. The maximum Gasteiger partial charge on any atom is 0.426 e. The lowest BCUT2D eigenvalue weighted by molar-refractivity contribution is 0.111. The van der Waals surface area contributed by atoms with Crippen LogP contribution in [0.1, 0.15) is 48.5 Å². The third-order valence-corrected chi connectivity index (χ3v) is 1.64. The molecule has 0 spiro atoms. The van der Waals surface area contributed by atoms with Gasteiger partial charge in [-0.05, 0) is 48.5 Å². The van der Waals surface area contributed by atoms with E-state index >= 15 is 0 Å². The number of carbonyl (C=O) groups is 2. The summed E-state index contributed by atoms with van der Waals surface area (Å²) < 4.78 is 4.79. The second kappa shape index (κ2) is 7.06. The van der Waals surface area contributed by atoms with Gasteiger partial charge in [-0.15, -0.1) is 0 Å². The van der Waals surface area contributed by atoms with Gasteiger partial charge in [-0.2, -0.15) is 10.2 Å². The molecular formula is C12H25N5O3. The Morgan fingerprint density at radius 1 is 1.00 bits per heavy atom. The van der Waals surface area contributed by atoms with Gasteiger partial charge in [-0.25, -0.2) is 20.4 Å². The lowest BCUT2D eigenvalue weighted by Crippen LogP contribution is -2.53. The van der Waals surface area contributed by atoms with Crippen molar-refractivity contribution in [3.05, 3.63) is 0 Å². The monoisotopic (exact) mass is 287 g/mol. The molecular weight excluding hydrogens is 262 g/mol. The molecule has 3 N–H and O–H groups in total. The highest BCUT2D eigenvalue weighted by Gasteiger charge is 2.21. The summed E-state index contributed by atoms with van der Waals surface area (Å²) in [5, 5.41) is 10.7. The van der Waals surface area contributed by atoms with Crippen molar-refractivity contribution in [2.45, 2.75) is 65.8 Å². The standard InChI is InChI=1S/C12H25N5O3/c1-8(2)20-10(19)15-14-9(18)13-12(6,7)17-16-11(3,4)5/h8H,1-7H3,(H,15,19)(H2,13,14,18)/b17-16+. The Morgan fingerprint density at radius 3 is 2.00 bits per heavy atom. The van der Waals surface area contributed by atoms with Gasteiger partial charge < -0.3 is 10.1 Å². The van der Waals surface area contributed by atoms with Crippen molar-refractivity contribution in [3.8, 4) is 0 Å². The van der Waals surface area contributed by atoms with Gasteiger partial charge in [0.05, 0.1) is 11.6 Å². The first-order chi connectivity index (χ1) is 8.91. The van der Waals surface area contributed by atoms with Crippen molar-refractivity contribution >= 4 is 12.1 Å². The highest BCUT2D eigenvalue weighted by Crippen LogP contribution is 2.12. The fourth-order valence-corrected chi connectivity index (χ4v) is 0.960. The average Bonchev–Trinajstić information content (AvgIpc) is 2.21. The zero-order valence-electron chi connectivity index (χ0n) is 13.2. The fraction of sp³-hybridized carbons (Fsp3) is 0.833. The molecule has 0 saturated carbocycles. The largest absolute Gasteiger partial charge is 0.446 e. The van der Waals surface area contributed by atoms with E-state index in [1.54, 1.807) is 27.7 Å². The molecule has 3 amide bonds. The summed E-state index contributed by atoms with van der Waals surface area (Å²) in [6.07, 6.45) is -0.999. The molecule has 0 radical (unpaired) electrons. The van der Waals surface area contributed by atoms with Crippen LogP contribution in [0.3, 0.4) is 0 Å². The molecule has 0 aromatic rings. The molecule has 116 valence electrons. The lowest BCUT2D eigenvalue weighted by atomic mass is 10.1. The molecule has 0 atom stereocenters. The van der Waals surface area contributed by atoms with Crippen molar-refractivity contribution in [1.29, 1.82) is 0 Å². The predicted octanol–water partition coefficient (Wildman–Crippen LogP) is 2.32. The van der Waals surface area contributed by atoms with E-state index < -0.39 is 17.8 Å². The Balaban J connectivity index is 4.26. The van der Waals surface area contributed by atoms with Crippen LogP contribution in [0.25, 0.3) is 0 Å². The number of rotatable bonds is 3. The van der Waals surface area contributed by atoms with Crippen molar-refractivity contribution in [2.75, 3.05) is 0 Å². The minimum absolute atomic E-state index is 0.267. The normalized spacial score (nSPS) is 12.4. The first kappa shape index (κ1) is 18.1. The molecule has 0 aliphatic carbocycles. The Labute approximate surface area is 119 Å². The number of nitrogens with one attached hydrogen (secondary N) is 3. The van der Waals surface area contributed by atoms with Gasteiger partial charge >= 0.3 is 12.1 Å². The fourth-order valence-electron chi connectivity index (χ4n) is 0.960. The number of azo groups is 1. The highest BCUT2D eigenvalue weighted by atomic mass is 16.6. The summed E-state index contributed by atoms with van der Waals surface area (Å²) in [7, 11) is 0. The minimum Gasteiger partial charge on any atom is -0.446 e. The molecule has 0 aromatic heterocycles. The molecule has 0 rings (SSSR count). The molecule has 0 aliphatic rings. The van der Waals surface area contributed by atoms with Gasteiger partial charge in [-0.1, -0.05) is 0 Å². The van der Waals surface area contributed by atoms with Crippen molar-refractivity contribution in [2.24, 2.45) is 10.2 Å². The predicted molar refractivity (Wildman–Crippen MR) is 75.1 cm³/mol. The Bertz CT molecular complexity index is 372. The van der Waals surface area contributed by atoms with Crippen LogP contribution in [0.15, 0.2) is 10.2 Å². The van der Waals surface area contributed by atoms with E-state index in [0.29, 0.717) is 0 Å². The van der Waals surface area contributed by atoms with E-state index in [9.17, 15) is 9.59 Å². The molecule has 0 unspecified atom stereocenters. The Morgan fingerprint density at radius 2 is 1.55 bits per heavy atom. The second-order valence-electron chi connectivity index (χ2n) is 6.09. The summed E-state index contributed by atoms with van der Waals surface area (Å²) in [4.78, 5) is 22.7. The SMILES string of the molecule is CC(C)OC(=O)NNC(=O)NC(C)(C)/N=N/C(C)(C)C. The van der Waals surface area contributed by atoms with Crippen LogP contribution in [0.2, 0.25) is 0 Å². The third kappa shape index (κ3) is 10.1. The summed E-state index contributed by atoms with van der Waals surface area (Å²) >= 11 is 0. The topological polar surface area (TPSA) is 104 Å². The molecule has 8 heteroatoms. The molecule has 20 heavy (non-hydrogen) atoms. The van der Waals surface area contributed by atoms with E-state index in [1.807, 2.05) is 20.8 Å². The second-order valence-corrected chi connectivity index (χ2v) is 6.09. The molecule has 0 fully saturated rings. The average molecular weight is 287 g/mol. The maximum absolute atomic E-state index is 11.6. The molecule has 0 aromatic carbocycles. The van der Waals surface area contributed by atoms with Crippen molar-refractivity contribution in [1.82, 2.24) is 16.2 Å². The van der Waals surface area contributed by atoms with Crippen LogP contribution in [0.4, 0.5) is 9.59 Å². The van der Waals surface area contributed by atoms with E-state index in [-0.39, 0.29) is 11.6 Å². The Hall–Kier alpha value is -1.86. The summed E-state index contributed by atoms with van der Waals surface area (Å²) in [5.74, 6) is 0. The molecule has 8 nitrogen and oxygen atoms in total. The van der Waals surface area contributed by atoms with Crippen molar-refractivity contribution < 1.29 is 14.3 Å². The first-order valence-corrected chi connectivity index (χ1v) is 6.40.